The molecule has 0 fully saturated rings. The highest BCUT2D eigenvalue weighted by molar-refractivity contribution is 14.0. The van der Waals surface area contributed by atoms with Gasteiger partial charge in [-0.2, -0.15) is 0 Å². The van der Waals surface area contributed by atoms with Crippen molar-refractivity contribution in [2.75, 3.05) is 6.54 Å². The zero-order valence-electron chi connectivity index (χ0n) is 16.8. The Morgan fingerprint density at radius 3 is 2.19 bits per heavy atom. The molecule has 0 aliphatic carbocycles. The summed E-state index contributed by atoms with van der Waals surface area (Å²) in [4.78, 5) is 4.73. The highest BCUT2D eigenvalue weighted by Crippen LogP contribution is 2.13. The summed E-state index contributed by atoms with van der Waals surface area (Å²) in [6, 6.07) is 18.6. The number of guanidine groups is 1. The minimum atomic E-state index is -0.0285. The summed E-state index contributed by atoms with van der Waals surface area (Å²) in [5.41, 5.74) is 3.52. The first kappa shape index (κ1) is 23.4. The van der Waals surface area contributed by atoms with Crippen LogP contribution in [0, 0.1) is 0 Å². The second-order valence-corrected chi connectivity index (χ2v) is 7.32. The molecule has 0 aliphatic heterocycles. The summed E-state index contributed by atoms with van der Waals surface area (Å²) in [6.45, 7) is 11.1. The number of hydrogen-bond donors (Lipinski definition) is 2. The molecule has 0 aliphatic rings. The standard InChI is InChI=1S/C22H31N3O.HI/c1-5-23-21(25-22(2,3)4)24-15-19-13-9-10-14-20(19)17-26-16-18-11-7-6-8-12-18;/h6-14H,5,15-17H2,1-4H3,(H2,23,24,25);1H. The average Bonchev–Trinajstić information content (AvgIpc) is 2.60. The Kier molecular flexibility index (Phi) is 10.4. The normalized spacial score (nSPS) is 11.6. The molecule has 5 heteroatoms. The fraction of sp³-hybridized carbons (Fsp3) is 0.409. The van der Waals surface area contributed by atoms with Crippen molar-refractivity contribution >= 4 is 29.9 Å². The van der Waals surface area contributed by atoms with Gasteiger partial charge in [0.05, 0.1) is 19.8 Å². The zero-order chi connectivity index (χ0) is 18.8. The molecule has 0 heterocycles. The molecule has 2 aromatic carbocycles. The highest BCUT2D eigenvalue weighted by Gasteiger charge is 2.11. The van der Waals surface area contributed by atoms with Crippen molar-refractivity contribution in [1.82, 2.24) is 10.6 Å². The molecule has 0 radical (unpaired) electrons. The van der Waals surface area contributed by atoms with Crippen molar-refractivity contribution in [3.63, 3.8) is 0 Å². The minimum absolute atomic E-state index is 0. The van der Waals surface area contributed by atoms with Gasteiger partial charge in [0.1, 0.15) is 0 Å². The Labute approximate surface area is 180 Å². The van der Waals surface area contributed by atoms with Gasteiger partial charge < -0.3 is 15.4 Å². The maximum Gasteiger partial charge on any atom is 0.191 e. The van der Waals surface area contributed by atoms with E-state index < -0.39 is 0 Å². The Hall–Kier alpha value is -1.60. The van der Waals surface area contributed by atoms with Crippen LogP contribution in [0.5, 0.6) is 0 Å². The Morgan fingerprint density at radius 2 is 1.56 bits per heavy atom. The summed E-state index contributed by atoms with van der Waals surface area (Å²) in [7, 11) is 0. The van der Waals surface area contributed by atoms with Crippen LogP contribution >= 0.6 is 24.0 Å². The first-order chi connectivity index (χ1) is 12.5. The first-order valence-corrected chi connectivity index (χ1v) is 9.23. The molecule has 0 atom stereocenters. The molecule has 2 rings (SSSR count). The van der Waals surface area contributed by atoms with Crippen LogP contribution in [-0.2, 0) is 24.5 Å². The molecule has 0 amide bonds. The monoisotopic (exact) mass is 481 g/mol. The Morgan fingerprint density at radius 1 is 0.926 bits per heavy atom. The van der Waals surface area contributed by atoms with E-state index in [4.69, 9.17) is 9.73 Å². The minimum Gasteiger partial charge on any atom is -0.372 e. The average molecular weight is 481 g/mol. The van der Waals surface area contributed by atoms with E-state index in [1.54, 1.807) is 0 Å². The molecule has 0 aromatic heterocycles. The molecular formula is C22H32IN3O. The van der Waals surface area contributed by atoms with Crippen molar-refractivity contribution in [2.45, 2.75) is 53.0 Å². The fourth-order valence-corrected chi connectivity index (χ4v) is 2.53. The summed E-state index contributed by atoms with van der Waals surface area (Å²) in [5, 5.41) is 6.72. The summed E-state index contributed by atoms with van der Waals surface area (Å²) < 4.78 is 5.90. The number of ether oxygens (including phenoxy) is 1. The molecule has 2 N–H and O–H groups in total. The van der Waals surface area contributed by atoms with E-state index in [0.29, 0.717) is 19.8 Å². The van der Waals surface area contributed by atoms with Gasteiger partial charge in [-0.15, -0.1) is 24.0 Å². The fourth-order valence-electron chi connectivity index (χ4n) is 2.53. The topological polar surface area (TPSA) is 45.7 Å². The predicted octanol–water partition coefficient (Wildman–Crippen LogP) is 4.88. The Balaban J connectivity index is 0.00000364. The molecule has 0 unspecified atom stereocenters. The maximum absolute atomic E-state index is 5.90. The number of benzene rings is 2. The van der Waals surface area contributed by atoms with Gasteiger partial charge in [0, 0.05) is 12.1 Å². The smallest absolute Gasteiger partial charge is 0.191 e. The molecule has 0 saturated heterocycles. The summed E-state index contributed by atoms with van der Waals surface area (Å²) in [6.07, 6.45) is 0. The SMILES string of the molecule is CCNC(=NCc1ccccc1COCc1ccccc1)NC(C)(C)C.I. The number of nitrogens with zero attached hydrogens (tertiary/aromatic N) is 1. The molecule has 148 valence electrons. The van der Waals surface area contributed by atoms with Crippen molar-refractivity contribution in [1.29, 1.82) is 0 Å². The van der Waals surface area contributed by atoms with E-state index in [0.717, 1.165) is 12.5 Å². The lowest BCUT2D eigenvalue weighted by molar-refractivity contribution is 0.106. The van der Waals surface area contributed by atoms with Gasteiger partial charge in [0.2, 0.25) is 0 Å². The van der Waals surface area contributed by atoms with Crippen molar-refractivity contribution in [3.05, 3.63) is 71.3 Å². The second-order valence-electron chi connectivity index (χ2n) is 7.32. The largest absolute Gasteiger partial charge is 0.372 e. The second kappa shape index (κ2) is 12.0. The Bertz CT molecular complexity index is 696. The van der Waals surface area contributed by atoms with Crippen LogP contribution in [0.1, 0.15) is 44.4 Å². The lowest BCUT2D eigenvalue weighted by Gasteiger charge is -2.23. The van der Waals surface area contributed by atoms with Crippen molar-refractivity contribution < 1.29 is 4.74 Å². The van der Waals surface area contributed by atoms with Gasteiger partial charge in [0.25, 0.3) is 0 Å². The van der Waals surface area contributed by atoms with E-state index in [9.17, 15) is 0 Å². The highest BCUT2D eigenvalue weighted by atomic mass is 127. The molecule has 4 nitrogen and oxygen atoms in total. The molecule has 0 spiro atoms. The lowest BCUT2D eigenvalue weighted by Crippen LogP contribution is -2.47. The number of hydrogen-bond acceptors (Lipinski definition) is 2. The summed E-state index contributed by atoms with van der Waals surface area (Å²) >= 11 is 0. The first-order valence-electron chi connectivity index (χ1n) is 9.23. The maximum atomic E-state index is 5.90. The third-order valence-electron chi connectivity index (χ3n) is 3.73. The van der Waals surface area contributed by atoms with Crippen LogP contribution in [0.15, 0.2) is 59.6 Å². The van der Waals surface area contributed by atoms with E-state index in [2.05, 4.69) is 68.7 Å². The molecule has 2 aromatic rings. The van der Waals surface area contributed by atoms with Gasteiger partial charge >= 0.3 is 0 Å². The van der Waals surface area contributed by atoms with E-state index in [-0.39, 0.29) is 29.5 Å². The zero-order valence-corrected chi connectivity index (χ0v) is 19.1. The molecule has 0 saturated carbocycles. The van der Waals surface area contributed by atoms with E-state index in [1.807, 2.05) is 24.3 Å². The van der Waals surface area contributed by atoms with E-state index >= 15 is 0 Å². The van der Waals surface area contributed by atoms with Gasteiger partial charge in [0.15, 0.2) is 5.96 Å². The number of halogens is 1. The van der Waals surface area contributed by atoms with Crippen LogP contribution in [-0.4, -0.2) is 18.0 Å². The van der Waals surface area contributed by atoms with Crippen LogP contribution in [0.3, 0.4) is 0 Å². The number of aliphatic imine (C=N–C) groups is 1. The van der Waals surface area contributed by atoms with Gasteiger partial charge in [-0.05, 0) is 44.4 Å². The number of nitrogens with one attached hydrogen (secondary N) is 2. The van der Waals surface area contributed by atoms with Gasteiger partial charge in [-0.25, -0.2) is 4.99 Å². The van der Waals surface area contributed by atoms with Gasteiger partial charge in [-0.1, -0.05) is 54.6 Å². The number of rotatable bonds is 7. The summed E-state index contributed by atoms with van der Waals surface area (Å²) in [5.74, 6) is 0.833. The quantitative estimate of drug-likeness (QED) is 0.337. The third kappa shape index (κ3) is 9.24. The van der Waals surface area contributed by atoms with Crippen LogP contribution in [0.2, 0.25) is 0 Å². The molecule has 0 bridgehead atoms. The van der Waals surface area contributed by atoms with Gasteiger partial charge in [-0.3, -0.25) is 0 Å². The third-order valence-corrected chi connectivity index (χ3v) is 3.73. The van der Waals surface area contributed by atoms with Crippen molar-refractivity contribution in [2.24, 2.45) is 4.99 Å². The lowest BCUT2D eigenvalue weighted by atomic mass is 10.1. The molecular weight excluding hydrogens is 449 g/mol. The van der Waals surface area contributed by atoms with Crippen molar-refractivity contribution in [3.8, 4) is 0 Å². The van der Waals surface area contributed by atoms with Crippen LogP contribution in [0.25, 0.3) is 0 Å². The predicted molar refractivity (Wildman–Crippen MR) is 124 cm³/mol. The van der Waals surface area contributed by atoms with Crippen LogP contribution < -0.4 is 10.6 Å². The molecule has 27 heavy (non-hydrogen) atoms. The van der Waals surface area contributed by atoms with E-state index in [1.165, 1.54) is 16.7 Å². The van der Waals surface area contributed by atoms with Crippen LogP contribution in [0.4, 0.5) is 0 Å².